The standard InChI is InChI=1S/C27H25ClN4O2/c1-31-12-14-32(15-13-31)20-9-7-19(8-10-20)29-17-24-23-16-18(21-4-2-3-5-25(21)28)6-11-22(23)26(33)30-27(24)34/h2-11,16-17,29H,12-15H2,1H3,(H,30,33,34). The number of nitrogens with one attached hydrogen (secondary N) is 2. The summed E-state index contributed by atoms with van der Waals surface area (Å²) in [5.41, 5.74) is 5.15. The quantitative estimate of drug-likeness (QED) is 0.433. The predicted octanol–water partition coefficient (Wildman–Crippen LogP) is 4.48. The number of piperazine rings is 1. The van der Waals surface area contributed by atoms with E-state index in [1.54, 1.807) is 12.3 Å². The van der Waals surface area contributed by atoms with Crippen molar-refractivity contribution in [3.63, 3.8) is 0 Å². The number of halogens is 1. The van der Waals surface area contributed by atoms with E-state index >= 15 is 0 Å². The first-order valence-corrected chi connectivity index (χ1v) is 11.6. The van der Waals surface area contributed by atoms with Crippen molar-refractivity contribution in [3.8, 4) is 11.1 Å². The second kappa shape index (κ2) is 9.33. The van der Waals surface area contributed by atoms with Gasteiger partial charge in [0.1, 0.15) is 0 Å². The predicted molar refractivity (Wildman–Crippen MR) is 137 cm³/mol. The minimum Gasteiger partial charge on any atom is -0.369 e. The van der Waals surface area contributed by atoms with Crippen molar-refractivity contribution >= 4 is 40.4 Å². The minimum atomic E-state index is -0.435. The number of hydrogen-bond acceptors (Lipinski definition) is 5. The average molecular weight is 473 g/mol. The van der Waals surface area contributed by atoms with Crippen LogP contribution in [-0.2, 0) is 4.79 Å². The highest BCUT2D eigenvalue weighted by Gasteiger charge is 2.27. The van der Waals surface area contributed by atoms with Gasteiger partial charge in [-0.05, 0) is 55.1 Å². The summed E-state index contributed by atoms with van der Waals surface area (Å²) >= 11 is 6.37. The summed E-state index contributed by atoms with van der Waals surface area (Å²) in [7, 11) is 2.14. The second-order valence-electron chi connectivity index (χ2n) is 8.56. The lowest BCUT2D eigenvalue weighted by Gasteiger charge is -2.34. The van der Waals surface area contributed by atoms with E-state index in [0.29, 0.717) is 21.7 Å². The number of rotatable bonds is 4. The fourth-order valence-corrected chi connectivity index (χ4v) is 4.56. The van der Waals surface area contributed by atoms with Gasteiger partial charge in [0.2, 0.25) is 0 Å². The molecule has 2 N–H and O–H groups in total. The molecule has 3 aromatic rings. The molecule has 2 heterocycles. The Balaban J connectivity index is 1.41. The molecule has 0 radical (unpaired) electrons. The number of carbonyl (C=O) groups excluding carboxylic acids is 2. The Morgan fingerprint density at radius 3 is 2.32 bits per heavy atom. The van der Waals surface area contributed by atoms with Gasteiger partial charge in [-0.1, -0.05) is 35.9 Å². The van der Waals surface area contributed by atoms with Crippen LogP contribution >= 0.6 is 11.6 Å². The molecular weight excluding hydrogens is 448 g/mol. The molecular formula is C27H25ClN4O2. The highest BCUT2D eigenvalue weighted by Crippen LogP contribution is 2.33. The number of hydrogen-bond donors (Lipinski definition) is 2. The summed E-state index contributed by atoms with van der Waals surface area (Å²) < 4.78 is 0. The zero-order chi connectivity index (χ0) is 23.7. The van der Waals surface area contributed by atoms with E-state index in [1.165, 1.54) is 5.69 Å². The Hall–Kier alpha value is -3.61. The van der Waals surface area contributed by atoms with Crippen molar-refractivity contribution in [2.24, 2.45) is 0 Å². The molecule has 5 rings (SSSR count). The number of benzene rings is 3. The largest absolute Gasteiger partial charge is 0.369 e. The lowest BCUT2D eigenvalue weighted by atomic mass is 9.91. The minimum absolute atomic E-state index is 0.395. The van der Waals surface area contributed by atoms with Crippen molar-refractivity contribution in [1.82, 2.24) is 10.2 Å². The van der Waals surface area contributed by atoms with Crippen molar-refractivity contribution in [2.75, 3.05) is 43.4 Å². The van der Waals surface area contributed by atoms with E-state index in [4.69, 9.17) is 11.6 Å². The van der Waals surface area contributed by atoms with E-state index in [0.717, 1.165) is 43.0 Å². The maximum Gasteiger partial charge on any atom is 0.260 e. The molecule has 2 aliphatic rings. The zero-order valence-electron chi connectivity index (χ0n) is 18.8. The third kappa shape index (κ3) is 4.42. The van der Waals surface area contributed by atoms with Gasteiger partial charge in [-0.2, -0.15) is 0 Å². The Morgan fingerprint density at radius 1 is 0.853 bits per heavy atom. The topological polar surface area (TPSA) is 64.7 Å². The van der Waals surface area contributed by atoms with E-state index in [2.05, 4.69) is 39.6 Å². The molecule has 0 atom stereocenters. The Bertz CT molecular complexity index is 1280. The normalized spacial score (nSPS) is 17.5. The maximum atomic E-state index is 12.7. The Kier molecular flexibility index (Phi) is 6.09. The molecule has 0 unspecified atom stereocenters. The van der Waals surface area contributed by atoms with Crippen LogP contribution in [0.3, 0.4) is 0 Å². The van der Waals surface area contributed by atoms with Crippen LogP contribution in [0.5, 0.6) is 0 Å². The number of nitrogens with zero attached hydrogens (tertiary/aromatic N) is 2. The van der Waals surface area contributed by atoms with Crippen LogP contribution in [0.2, 0.25) is 5.02 Å². The van der Waals surface area contributed by atoms with E-state index < -0.39 is 11.8 Å². The molecule has 1 saturated heterocycles. The Labute approximate surface area is 203 Å². The van der Waals surface area contributed by atoms with Crippen molar-refractivity contribution < 1.29 is 9.59 Å². The summed E-state index contributed by atoms with van der Waals surface area (Å²) in [5, 5.41) is 6.26. The van der Waals surface area contributed by atoms with Crippen molar-refractivity contribution in [2.45, 2.75) is 0 Å². The summed E-state index contributed by atoms with van der Waals surface area (Å²) in [6.07, 6.45) is 1.65. The van der Waals surface area contributed by atoms with Crippen LogP contribution in [0.1, 0.15) is 15.9 Å². The lowest BCUT2D eigenvalue weighted by molar-refractivity contribution is -0.114. The molecule has 172 valence electrons. The molecule has 2 aliphatic heterocycles. The second-order valence-corrected chi connectivity index (χ2v) is 8.97. The third-order valence-electron chi connectivity index (χ3n) is 6.33. The van der Waals surface area contributed by atoms with Gasteiger partial charge in [-0.25, -0.2) is 0 Å². The average Bonchev–Trinajstić information content (AvgIpc) is 2.85. The number of amides is 2. The summed E-state index contributed by atoms with van der Waals surface area (Å²) in [6, 6.07) is 21.1. The van der Waals surface area contributed by atoms with Crippen LogP contribution in [0.25, 0.3) is 16.7 Å². The van der Waals surface area contributed by atoms with Gasteiger partial charge < -0.3 is 15.1 Å². The first-order valence-electron chi connectivity index (χ1n) is 11.2. The molecule has 2 amide bonds. The van der Waals surface area contributed by atoms with Crippen molar-refractivity contribution in [1.29, 1.82) is 0 Å². The van der Waals surface area contributed by atoms with Crippen LogP contribution in [0.15, 0.2) is 72.9 Å². The van der Waals surface area contributed by atoms with Crippen LogP contribution in [-0.4, -0.2) is 49.9 Å². The van der Waals surface area contributed by atoms with Gasteiger partial charge in [-0.3, -0.25) is 14.9 Å². The van der Waals surface area contributed by atoms with Gasteiger partial charge in [0, 0.05) is 65.5 Å². The molecule has 1 fully saturated rings. The number of fused-ring (bicyclic) bond motifs is 1. The summed E-state index contributed by atoms with van der Waals surface area (Å²) in [6.45, 7) is 4.11. The summed E-state index contributed by atoms with van der Waals surface area (Å²) in [4.78, 5) is 29.8. The molecule has 7 heteroatoms. The van der Waals surface area contributed by atoms with E-state index in [1.807, 2.05) is 48.5 Å². The number of imide groups is 1. The fraction of sp³-hybridized carbons (Fsp3) is 0.185. The smallest absolute Gasteiger partial charge is 0.260 e. The number of carbonyl (C=O) groups is 2. The molecule has 34 heavy (non-hydrogen) atoms. The molecule has 3 aromatic carbocycles. The molecule has 0 aliphatic carbocycles. The van der Waals surface area contributed by atoms with Gasteiger partial charge in [0.25, 0.3) is 11.8 Å². The molecule has 0 spiro atoms. The van der Waals surface area contributed by atoms with Crippen molar-refractivity contribution in [3.05, 3.63) is 89.1 Å². The van der Waals surface area contributed by atoms with Gasteiger partial charge in [0.15, 0.2) is 0 Å². The molecule has 0 saturated carbocycles. The maximum absolute atomic E-state index is 12.7. The molecule has 6 nitrogen and oxygen atoms in total. The number of anilines is 2. The molecule has 0 aromatic heterocycles. The van der Waals surface area contributed by atoms with Gasteiger partial charge in [-0.15, -0.1) is 0 Å². The highest BCUT2D eigenvalue weighted by atomic mass is 35.5. The lowest BCUT2D eigenvalue weighted by Crippen LogP contribution is -2.44. The van der Waals surface area contributed by atoms with Crippen LogP contribution in [0.4, 0.5) is 11.4 Å². The first kappa shape index (κ1) is 22.2. The van der Waals surface area contributed by atoms with Gasteiger partial charge in [0.05, 0.1) is 5.57 Å². The highest BCUT2D eigenvalue weighted by molar-refractivity contribution is 6.34. The first-order chi connectivity index (χ1) is 16.5. The third-order valence-corrected chi connectivity index (χ3v) is 6.66. The SMILES string of the molecule is CN1CCN(c2ccc(NC=C3C(=O)NC(=O)c4ccc(-c5ccccc5Cl)cc43)cc2)CC1. The zero-order valence-corrected chi connectivity index (χ0v) is 19.6. The fourth-order valence-electron chi connectivity index (χ4n) is 4.32. The van der Waals surface area contributed by atoms with Crippen LogP contribution < -0.4 is 15.5 Å². The van der Waals surface area contributed by atoms with E-state index in [-0.39, 0.29) is 0 Å². The van der Waals surface area contributed by atoms with Gasteiger partial charge >= 0.3 is 0 Å². The monoisotopic (exact) mass is 472 g/mol. The van der Waals surface area contributed by atoms with E-state index in [9.17, 15) is 9.59 Å². The van der Waals surface area contributed by atoms with Crippen LogP contribution in [0, 0.1) is 0 Å². The Morgan fingerprint density at radius 2 is 1.59 bits per heavy atom. The summed E-state index contributed by atoms with van der Waals surface area (Å²) in [5.74, 6) is -0.838. The molecule has 0 bridgehead atoms. The number of likely N-dealkylation sites (N-methyl/N-ethyl adjacent to an activating group) is 1.